The van der Waals surface area contributed by atoms with Gasteiger partial charge in [0, 0.05) is 18.0 Å². The Morgan fingerprint density at radius 3 is 2.70 bits per heavy atom. The monoisotopic (exact) mass is 386 g/mol. The van der Waals surface area contributed by atoms with E-state index in [1.807, 2.05) is 49.4 Å². The zero-order valence-electron chi connectivity index (χ0n) is 15.3. The molecule has 27 heavy (non-hydrogen) atoms. The zero-order valence-corrected chi connectivity index (χ0v) is 16.1. The van der Waals surface area contributed by atoms with Crippen molar-refractivity contribution in [2.75, 3.05) is 13.7 Å². The molecule has 1 saturated heterocycles. The summed E-state index contributed by atoms with van der Waals surface area (Å²) >= 11 is 1.49. The lowest BCUT2D eigenvalue weighted by Crippen LogP contribution is -2.47. The number of pyridine rings is 1. The Morgan fingerprint density at radius 1 is 1.26 bits per heavy atom. The second-order valence-corrected chi connectivity index (χ2v) is 7.63. The number of aromatic nitrogens is 1. The van der Waals surface area contributed by atoms with Crippen LogP contribution in [-0.4, -0.2) is 46.8 Å². The predicted molar refractivity (Wildman–Crippen MR) is 103 cm³/mol. The Balaban J connectivity index is 1.79. The number of benzene rings is 1. The van der Waals surface area contributed by atoms with Gasteiger partial charge in [0.25, 0.3) is 0 Å². The molecule has 1 fully saturated rings. The largest absolute Gasteiger partial charge is 0.467 e. The van der Waals surface area contributed by atoms with Crippen molar-refractivity contribution >= 4 is 23.6 Å². The van der Waals surface area contributed by atoms with Gasteiger partial charge in [-0.25, -0.2) is 4.79 Å². The summed E-state index contributed by atoms with van der Waals surface area (Å²) in [6.45, 7) is 2.27. The van der Waals surface area contributed by atoms with Gasteiger partial charge in [-0.15, -0.1) is 11.8 Å². The SMILES string of the molecule is COC(=O)[C@H](COCc1ccccc1)N1C(=O)C(C)SC1c1cccnc1. The average molecular weight is 386 g/mol. The summed E-state index contributed by atoms with van der Waals surface area (Å²) in [5.41, 5.74) is 1.87. The van der Waals surface area contributed by atoms with Gasteiger partial charge in [0.15, 0.2) is 6.04 Å². The molecule has 1 aliphatic heterocycles. The Bertz CT molecular complexity index is 772. The maximum Gasteiger partial charge on any atom is 0.331 e. The summed E-state index contributed by atoms with van der Waals surface area (Å²) in [5.74, 6) is -0.590. The summed E-state index contributed by atoms with van der Waals surface area (Å²) in [7, 11) is 1.32. The molecule has 3 rings (SSSR count). The van der Waals surface area contributed by atoms with E-state index in [0.717, 1.165) is 11.1 Å². The van der Waals surface area contributed by atoms with Crippen molar-refractivity contribution < 1.29 is 19.1 Å². The third kappa shape index (κ3) is 4.48. The van der Waals surface area contributed by atoms with Crippen molar-refractivity contribution in [1.82, 2.24) is 9.88 Å². The highest BCUT2D eigenvalue weighted by Crippen LogP contribution is 2.44. The molecular weight excluding hydrogens is 364 g/mol. The molecular formula is C20H22N2O4S. The van der Waals surface area contributed by atoms with Crippen LogP contribution in [0.25, 0.3) is 0 Å². The maximum absolute atomic E-state index is 12.8. The van der Waals surface area contributed by atoms with E-state index < -0.39 is 12.0 Å². The van der Waals surface area contributed by atoms with Crippen molar-refractivity contribution in [1.29, 1.82) is 0 Å². The van der Waals surface area contributed by atoms with Gasteiger partial charge in [0.2, 0.25) is 5.91 Å². The van der Waals surface area contributed by atoms with Crippen LogP contribution in [0, 0.1) is 0 Å². The van der Waals surface area contributed by atoms with Gasteiger partial charge >= 0.3 is 5.97 Å². The second kappa shape index (κ2) is 9.01. The van der Waals surface area contributed by atoms with Crippen molar-refractivity contribution in [2.24, 2.45) is 0 Å². The van der Waals surface area contributed by atoms with Crippen LogP contribution in [0.3, 0.4) is 0 Å². The first-order valence-corrected chi connectivity index (χ1v) is 9.63. The normalized spacial score (nSPS) is 20.5. The number of carbonyl (C=O) groups excluding carboxylic acids is 2. The number of nitrogens with zero attached hydrogens (tertiary/aromatic N) is 2. The molecule has 1 aromatic heterocycles. The first-order chi connectivity index (χ1) is 13.1. The molecule has 0 saturated carbocycles. The van der Waals surface area contributed by atoms with E-state index in [4.69, 9.17) is 9.47 Å². The molecule has 0 radical (unpaired) electrons. The number of esters is 1. The van der Waals surface area contributed by atoms with Crippen LogP contribution in [0.15, 0.2) is 54.9 Å². The number of carbonyl (C=O) groups is 2. The molecule has 0 N–H and O–H groups in total. The molecule has 1 aliphatic rings. The van der Waals surface area contributed by atoms with Crippen LogP contribution in [0.1, 0.15) is 23.4 Å². The molecule has 3 atom stereocenters. The van der Waals surface area contributed by atoms with E-state index in [1.54, 1.807) is 17.3 Å². The van der Waals surface area contributed by atoms with E-state index in [0.29, 0.717) is 6.61 Å². The fourth-order valence-electron chi connectivity index (χ4n) is 2.98. The number of ether oxygens (including phenoxy) is 2. The fourth-order valence-corrected chi connectivity index (χ4v) is 4.28. The van der Waals surface area contributed by atoms with Crippen LogP contribution in [0.4, 0.5) is 0 Å². The van der Waals surface area contributed by atoms with Crippen LogP contribution < -0.4 is 0 Å². The highest BCUT2D eigenvalue weighted by Gasteiger charge is 2.45. The first kappa shape index (κ1) is 19.4. The third-order valence-corrected chi connectivity index (χ3v) is 5.72. The van der Waals surface area contributed by atoms with Crippen molar-refractivity contribution in [3.05, 3.63) is 66.0 Å². The fraction of sp³-hybridized carbons (Fsp3) is 0.350. The first-order valence-electron chi connectivity index (χ1n) is 8.69. The van der Waals surface area contributed by atoms with E-state index in [9.17, 15) is 9.59 Å². The zero-order chi connectivity index (χ0) is 19.2. The Morgan fingerprint density at radius 2 is 2.04 bits per heavy atom. The summed E-state index contributed by atoms with van der Waals surface area (Å²) in [4.78, 5) is 31.0. The molecule has 7 heteroatoms. The van der Waals surface area contributed by atoms with Crippen LogP contribution >= 0.6 is 11.8 Å². The quantitative estimate of drug-likeness (QED) is 0.682. The minimum Gasteiger partial charge on any atom is -0.467 e. The standard InChI is InChI=1S/C20H22N2O4S/c1-14-18(23)22(19(27-14)16-9-6-10-21-11-16)17(20(24)25-2)13-26-12-15-7-4-3-5-8-15/h3-11,14,17,19H,12-13H2,1-2H3/t14?,17-,19?/m0/s1. The summed E-state index contributed by atoms with van der Waals surface area (Å²) < 4.78 is 10.7. The molecule has 1 aromatic carbocycles. The lowest BCUT2D eigenvalue weighted by Gasteiger charge is -2.30. The lowest BCUT2D eigenvalue weighted by atomic mass is 10.2. The van der Waals surface area contributed by atoms with Gasteiger partial charge in [-0.3, -0.25) is 9.78 Å². The summed E-state index contributed by atoms with van der Waals surface area (Å²) in [6.07, 6.45) is 3.40. The smallest absolute Gasteiger partial charge is 0.331 e. The molecule has 0 aliphatic carbocycles. The topological polar surface area (TPSA) is 68.7 Å². The van der Waals surface area contributed by atoms with E-state index in [-0.39, 0.29) is 23.1 Å². The number of amides is 1. The highest BCUT2D eigenvalue weighted by molar-refractivity contribution is 8.01. The molecule has 142 valence electrons. The highest BCUT2D eigenvalue weighted by atomic mass is 32.2. The van der Waals surface area contributed by atoms with Gasteiger partial charge in [-0.2, -0.15) is 0 Å². The molecule has 0 bridgehead atoms. The summed E-state index contributed by atoms with van der Waals surface area (Å²) in [6, 6.07) is 12.6. The van der Waals surface area contributed by atoms with Gasteiger partial charge in [0.05, 0.1) is 25.6 Å². The van der Waals surface area contributed by atoms with Gasteiger partial charge in [-0.1, -0.05) is 36.4 Å². The van der Waals surface area contributed by atoms with Crippen LogP contribution in [0.2, 0.25) is 0 Å². The lowest BCUT2D eigenvalue weighted by molar-refractivity contribution is -0.155. The molecule has 2 aromatic rings. The number of hydrogen-bond donors (Lipinski definition) is 0. The number of thioether (sulfide) groups is 1. The maximum atomic E-state index is 12.8. The number of hydrogen-bond acceptors (Lipinski definition) is 6. The number of rotatable bonds is 7. The molecule has 2 unspecified atom stereocenters. The molecule has 2 heterocycles. The Kier molecular flexibility index (Phi) is 6.47. The van der Waals surface area contributed by atoms with Gasteiger partial charge in [0.1, 0.15) is 5.37 Å². The van der Waals surface area contributed by atoms with Crippen LogP contribution in [-0.2, 0) is 25.7 Å². The van der Waals surface area contributed by atoms with Crippen LogP contribution in [0.5, 0.6) is 0 Å². The molecule has 0 spiro atoms. The van der Waals surface area contributed by atoms with Crippen molar-refractivity contribution in [3.8, 4) is 0 Å². The van der Waals surface area contributed by atoms with Crippen molar-refractivity contribution in [3.63, 3.8) is 0 Å². The van der Waals surface area contributed by atoms with E-state index >= 15 is 0 Å². The van der Waals surface area contributed by atoms with E-state index in [2.05, 4.69) is 4.98 Å². The second-order valence-electron chi connectivity index (χ2n) is 6.20. The molecule has 6 nitrogen and oxygen atoms in total. The van der Waals surface area contributed by atoms with Gasteiger partial charge in [-0.05, 0) is 18.6 Å². The minimum absolute atomic E-state index is 0.0668. The Hall–Kier alpha value is -2.38. The summed E-state index contributed by atoms with van der Waals surface area (Å²) in [5, 5.41) is -0.554. The predicted octanol–water partition coefficient (Wildman–Crippen LogP) is 2.80. The minimum atomic E-state index is -0.811. The average Bonchev–Trinajstić information content (AvgIpc) is 3.01. The van der Waals surface area contributed by atoms with E-state index in [1.165, 1.54) is 18.9 Å². The van der Waals surface area contributed by atoms with Gasteiger partial charge < -0.3 is 14.4 Å². The third-order valence-electron chi connectivity index (χ3n) is 4.35. The Labute approximate surface area is 162 Å². The number of methoxy groups -OCH3 is 1. The molecule has 1 amide bonds. The van der Waals surface area contributed by atoms with Crippen molar-refractivity contribution in [2.45, 2.75) is 30.2 Å².